The molecule has 0 amide bonds. The van der Waals surface area contributed by atoms with Crippen LogP contribution in [0.2, 0.25) is 0 Å². The van der Waals surface area contributed by atoms with Gasteiger partial charge in [-0.25, -0.2) is 0 Å². The molecule has 2 rings (SSSR count). The molecular weight excluding hydrogens is 511 g/mol. The van der Waals surface area contributed by atoms with E-state index in [-0.39, 0.29) is 63.1 Å². The van der Waals surface area contributed by atoms with E-state index in [1.807, 2.05) is 12.2 Å². The summed E-state index contributed by atoms with van der Waals surface area (Å²) in [7, 11) is 0. The summed E-state index contributed by atoms with van der Waals surface area (Å²) >= 11 is 6.27. The molecule has 1 aromatic carbocycles. The van der Waals surface area contributed by atoms with E-state index in [0.717, 1.165) is 12.8 Å². The third-order valence-corrected chi connectivity index (χ3v) is 5.43. The van der Waals surface area contributed by atoms with Crippen molar-refractivity contribution in [2.45, 2.75) is 49.5 Å². The van der Waals surface area contributed by atoms with E-state index in [4.69, 9.17) is 16.3 Å². The number of ether oxygens (including phenoxy) is 1. The zero-order valence-electron chi connectivity index (χ0n) is 16.0. The van der Waals surface area contributed by atoms with Crippen molar-refractivity contribution >= 4 is 11.6 Å². The molecule has 167 valence electrons. The summed E-state index contributed by atoms with van der Waals surface area (Å²) in [5, 5.41) is 9.85. The number of aliphatic hydroxyl groups is 1. The fourth-order valence-electron chi connectivity index (χ4n) is 3.38. The molecule has 30 heavy (non-hydrogen) atoms. The Balaban J connectivity index is 0.00000450. The number of hydrogen-bond donors (Lipinski definition) is 1. The third kappa shape index (κ3) is 7.68. The van der Waals surface area contributed by atoms with Crippen LogP contribution in [0.3, 0.4) is 0 Å². The predicted molar refractivity (Wildman–Crippen MR) is 97.5 cm³/mol. The number of alkyl halides is 7. The fourth-order valence-corrected chi connectivity index (χ4v) is 3.85. The van der Waals surface area contributed by atoms with Crippen LogP contribution in [0.1, 0.15) is 36.8 Å². The van der Waals surface area contributed by atoms with Gasteiger partial charge < -0.3 is 16.8 Å². The van der Waals surface area contributed by atoms with Crippen LogP contribution < -0.4 is 4.74 Å². The summed E-state index contributed by atoms with van der Waals surface area (Å²) in [4.78, 5) is 0. The first-order chi connectivity index (χ1) is 13.4. The van der Waals surface area contributed by atoms with E-state index in [1.165, 1.54) is 0 Å². The van der Waals surface area contributed by atoms with E-state index in [2.05, 4.69) is 6.92 Å². The maximum absolute atomic E-state index is 13.0. The van der Waals surface area contributed by atoms with E-state index < -0.39 is 41.3 Å². The minimum atomic E-state index is -4.95. The predicted octanol–water partition coefficient (Wildman–Crippen LogP) is 6.27. The number of aliphatic hydroxyl groups excluding tert-OH is 1. The number of allylic oxidation sites excluding steroid dienone is 2. The van der Waals surface area contributed by atoms with Gasteiger partial charge in [0.2, 0.25) is 0 Å². The smallest absolute Gasteiger partial charge is 0.416 e. The van der Waals surface area contributed by atoms with Gasteiger partial charge in [0.05, 0.1) is 23.8 Å². The van der Waals surface area contributed by atoms with Crippen molar-refractivity contribution in [2.75, 3.05) is 6.61 Å². The van der Waals surface area contributed by atoms with Crippen LogP contribution in [0.5, 0.6) is 5.75 Å². The fraction of sp³-hybridized carbons (Fsp3) is 0.550. The van der Waals surface area contributed by atoms with Gasteiger partial charge >= 0.3 is 12.4 Å². The summed E-state index contributed by atoms with van der Waals surface area (Å²) < 4.78 is 83.1. The number of unbranched alkanes of at least 4 members (excludes halogenated alkanes) is 1. The van der Waals surface area contributed by atoms with Gasteiger partial charge in [-0.3, -0.25) is 0 Å². The monoisotopic (exact) mass is 532 g/mol. The minimum Gasteiger partial charge on any atom is -0.493 e. The van der Waals surface area contributed by atoms with Crippen LogP contribution in [0.15, 0.2) is 30.4 Å². The van der Waals surface area contributed by atoms with E-state index in [1.54, 1.807) is 0 Å². The topological polar surface area (TPSA) is 29.5 Å². The van der Waals surface area contributed by atoms with E-state index in [9.17, 15) is 31.4 Å². The Bertz CT molecular complexity index is 675. The van der Waals surface area contributed by atoms with Crippen LogP contribution in [0.25, 0.3) is 0 Å². The Hall–Kier alpha value is -0.306. The van der Waals surface area contributed by atoms with Gasteiger partial charge in [-0.15, -0.1) is 11.6 Å². The van der Waals surface area contributed by atoms with Gasteiger partial charge in [-0.2, -0.15) is 32.8 Å². The summed E-state index contributed by atoms with van der Waals surface area (Å²) in [6.45, 7) is 3.47. The number of hydrogen-bond acceptors (Lipinski definition) is 2. The Morgan fingerprint density at radius 2 is 1.60 bits per heavy atom. The van der Waals surface area contributed by atoms with Crippen molar-refractivity contribution in [1.82, 2.24) is 0 Å². The first-order valence-corrected chi connectivity index (χ1v) is 9.55. The largest absolute Gasteiger partial charge is 0.493 e. The second-order valence-electron chi connectivity index (χ2n) is 7.05. The molecule has 1 aromatic rings. The molecule has 0 heterocycles. The van der Waals surface area contributed by atoms with Gasteiger partial charge in [0.15, 0.2) is 0 Å². The second-order valence-corrected chi connectivity index (χ2v) is 7.61. The molecular formula is C20H22ClF6O2Y-. The quantitative estimate of drug-likeness (QED) is 0.194. The minimum absolute atomic E-state index is 0. The molecule has 0 aromatic heterocycles. The van der Waals surface area contributed by atoms with Gasteiger partial charge in [0, 0.05) is 44.0 Å². The number of benzene rings is 1. The molecule has 1 N–H and O–H groups in total. The normalized spacial score (nSPS) is 24.8. The summed E-state index contributed by atoms with van der Waals surface area (Å²) in [5.74, 6) is -1.27. The zero-order chi connectivity index (χ0) is 21.8. The van der Waals surface area contributed by atoms with Crippen molar-refractivity contribution in [3.05, 3.63) is 48.4 Å². The summed E-state index contributed by atoms with van der Waals surface area (Å²) in [5.41, 5.74) is -2.89. The van der Waals surface area contributed by atoms with Crippen molar-refractivity contribution in [3.63, 3.8) is 0 Å². The van der Waals surface area contributed by atoms with Crippen molar-refractivity contribution < 1.29 is 68.9 Å². The van der Waals surface area contributed by atoms with Crippen molar-refractivity contribution in [2.24, 2.45) is 11.8 Å². The van der Waals surface area contributed by atoms with Crippen LogP contribution >= 0.6 is 11.6 Å². The molecule has 0 aliphatic heterocycles. The first-order valence-electron chi connectivity index (χ1n) is 9.12. The molecule has 0 spiro atoms. The number of halogens is 7. The zero-order valence-corrected chi connectivity index (χ0v) is 19.6. The molecule has 1 saturated carbocycles. The molecule has 1 aliphatic rings. The second kappa shape index (κ2) is 11.5. The molecule has 0 saturated heterocycles. The molecule has 1 aliphatic carbocycles. The SMILES string of the molecule is [CH2-]CC/C=C\C[C@@H]1[C@@H](COc2cc(C(F)(F)F)cc(C(F)(F)F)c2)[C@H](O)C[C@H]1Cl.[Y]. The standard InChI is InChI=1S/C20H22ClF6O2.Y/c1-2-3-4-5-6-15-16(18(28)10-17(15)21)11-29-14-8-12(19(22,23)24)7-13(9-14)20(25,26)27;/h4-5,7-9,15-18,28H,1-3,6,10-11H2;/q-1;/b5-4-;/t15-,16-,17-,18-;/m1./s1. The Morgan fingerprint density at radius 1 is 1.03 bits per heavy atom. The van der Waals surface area contributed by atoms with Crippen LogP contribution in [0, 0.1) is 18.8 Å². The molecule has 0 bridgehead atoms. The molecule has 1 fully saturated rings. The first kappa shape index (κ1) is 27.7. The molecule has 0 unspecified atom stereocenters. The van der Waals surface area contributed by atoms with E-state index in [0.29, 0.717) is 18.6 Å². The van der Waals surface area contributed by atoms with Gasteiger partial charge in [0.25, 0.3) is 0 Å². The van der Waals surface area contributed by atoms with Crippen LogP contribution in [-0.4, -0.2) is 23.2 Å². The Kier molecular flexibility index (Phi) is 10.7. The molecule has 1 radical (unpaired) electrons. The summed E-state index contributed by atoms with van der Waals surface area (Å²) in [6, 6.07) is 1.10. The molecule has 2 nitrogen and oxygen atoms in total. The number of rotatable bonds is 7. The van der Waals surface area contributed by atoms with Crippen molar-refractivity contribution in [1.29, 1.82) is 0 Å². The molecule has 4 atom stereocenters. The van der Waals surface area contributed by atoms with Gasteiger partial charge in [0.1, 0.15) is 5.75 Å². The maximum atomic E-state index is 13.0. The Morgan fingerprint density at radius 3 is 2.10 bits per heavy atom. The van der Waals surface area contributed by atoms with Crippen LogP contribution in [0.4, 0.5) is 26.3 Å². The summed E-state index contributed by atoms with van der Waals surface area (Å²) in [6.07, 6.45) is -4.65. The molecule has 10 heteroatoms. The Labute approximate surface area is 201 Å². The third-order valence-electron chi connectivity index (χ3n) is 4.92. The van der Waals surface area contributed by atoms with E-state index >= 15 is 0 Å². The van der Waals surface area contributed by atoms with Crippen LogP contribution in [-0.2, 0) is 45.1 Å². The van der Waals surface area contributed by atoms with Crippen molar-refractivity contribution in [3.8, 4) is 5.75 Å². The van der Waals surface area contributed by atoms with Gasteiger partial charge in [-0.1, -0.05) is 18.6 Å². The maximum Gasteiger partial charge on any atom is 0.416 e. The average molecular weight is 533 g/mol. The average Bonchev–Trinajstić information content (AvgIpc) is 2.88. The van der Waals surface area contributed by atoms with Gasteiger partial charge in [-0.05, 0) is 37.0 Å².